The summed E-state index contributed by atoms with van der Waals surface area (Å²) < 4.78 is 0. The van der Waals surface area contributed by atoms with Crippen LogP contribution in [0.3, 0.4) is 0 Å². The van der Waals surface area contributed by atoms with Gasteiger partial charge in [0.25, 0.3) is 0 Å². The number of nitrogens with zero attached hydrogens (tertiary/aromatic N) is 2. The van der Waals surface area contributed by atoms with Gasteiger partial charge in [-0.1, -0.05) is 26.0 Å². The Balaban J connectivity index is 2.55. The number of hydrogen-bond donors (Lipinski definition) is 1. The molecule has 3 heteroatoms. The van der Waals surface area contributed by atoms with Crippen LogP contribution in [0, 0.1) is 0 Å². The maximum Gasteiger partial charge on any atom is 0.116 e. The molecule has 0 amide bonds. The fraction of sp³-hybridized carbons (Fsp3) is 0.231. The summed E-state index contributed by atoms with van der Waals surface area (Å²) in [5.41, 5.74) is 9.70. The van der Waals surface area contributed by atoms with Crippen LogP contribution in [0.2, 0.25) is 0 Å². The summed E-state index contributed by atoms with van der Waals surface area (Å²) in [6.45, 7) is 4.27. The number of aromatic nitrogens is 2. The van der Waals surface area contributed by atoms with Gasteiger partial charge in [0, 0.05) is 17.4 Å². The molecule has 2 rings (SSSR count). The molecular formula is C13H15N3. The van der Waals surface area contributed by atoms with Crippen LogP contribution in [0.1, 0.15) is 25.3 Å². The van der Waals surface area contributed by atoms with Crippen LogP contribution in [0.25, 0.3) is 11.3 Å². The molecule has 1 aromatic carbocycles. The molecule has 0 atom stereocenters. The van der Waals surface area contributed by atoms with Crippen LogP contribution in [0.4, 0.5) is 5.69 Å². The predicted molar refractivity (Wildman–Crippen MR) is 66.0 cm³/mol. The van der Waals surface area contributed by atoms with E-state index < -0.39 is 0 Å². The topological polar surface area (TPSA) is 51.8 Å². The average Bonchev–Trinajstić information content (AvgIpc) is 2.29. The van der Waals surface area contributed by atoms with Gasteiger partial charge in [-0.2, -0.15) is 0 Å². The molecule has 0 saturated heterocycles. The number of anilines is 1. The van der Waals surface area contributed by atoms with Gasteiger partial charge < -0.3 is 5.73 Å². The van der Waals surface area contributed by atoms with E-state index >= 15 is 0 Å². The van der Waals surface area contributed by atoms with Gasteiger partial charge in [-0.05, 0) is 23.6 Å². The average molecular weight is 213 g/mol. The van der Waals surface area contributed by atoms with E-state index in [0.29, 0.717) is 5.92 Å². The Morgan fingerprint density at radius 3 is 2.75 bits per heavy atom. The lowest BCUT2D eigenvalue weighted by Gasteiger charge is -2.10. The summed E-state index contributed by atoms with van der Waals surface area (Å²) in [6, 6.07) is 7.77. The van der Waals surface area contributed by atoms with E-state index in [1.807, 2.05) is 30.5 Å². The smallest absolute Gasteiger partial charge is 0.116 e. The first-order chi connectivity index (χ1) is 7.68. The van der Waals surface area contributed by atoms with Gasteiger partial charge in [0.05, 0.1) is 5.69 Å². The molecule has 3 nitrogen and oxygen atoms in total. The second-order valence-electron chi connectivity index (χ2n) is 4.11. The zero-order chi connectivity index (χ0) is 11.5. The second-order valence-corrected chi connectivity index (χ2v) is 4.11. The van der Waals surface area contributed by atoms with E-state index in [0.717, 1.165) is 22.5 Å². The molecule has 16 heavy (non-hydrogen) atoms. The first-order valence-corrected chi connectivity index (χ1v) is 5.34. The molecule has 2 N–H and O–H groups in total. The van der Waals surface area contributed by atoms with Crippen LogP contribution < -0.4 is 5.73 Å². The highest BCUT2D eigenvalue weighted by atomic mass is 14.8. The zero-order valence-electron chi connectivity index (χ0n) is 9.51. The summed E-state index contributed by atoms with van der Waals surface area (Å²) in [5.74, 6) is 0.401. The SMILES string of the molecule is CC(C)c1cncnc1-c1cccc(N)c1. The van der Waals surface area contributed by atoms with Crippen molar-refractivity contribution in [1.82, 2.24) is 9.97 Å². The van der Waals surface area contributed by atoms with Crippen molar-refractivity contribution < 1.29 is 0 Å². The Morgan fingerprint density at radius 1 is 1.25 bits per heavy atom. The Hall–Kier alpha value is -1.90. The molecule has 0 aliphatic rings. The molecule has 0 spiro atoms. The maximum atomic E-state index is 5.78. The first kappa shape index (κ1) is 10.6. The van der Waals surface area contributed by atoms with Gasteiger partial charge in [0.1, 0.15) is 6.33 Å². The third-order valence-electron chi connectivity index (χ3n) is 2.52. The van der Waals surface area contributed by atoms with Crippen molar-refractivity contribution in [2.75, 3.05) is 5.73 Å². The highest BCUT2D eigenvalue weighted by Crippen LogP contribution is 2.27. The number of benzene rings is 1. The lowest BCUT2D eigenvalue weighted by atomic mass is 9.98. The molecular weight excluding hydrogens is 198 g/mol. The van der Waals surface area contributed by atoms with Gasteiger partial charge in [0.15, 0.2) is 0 Å². The molecule has 1 heterocycles. The van der Waals surface area contributed by atoms with E-state index in [9.17, 15) is 0 Å². The molecule has 0 unspecified atom stereocenters. The van der Waals surface area contributed by atoms with Gasteiger partial charge in [-0.3, -0.25) is 0 Å². The lowest BCUT2D eigenvalue weighted by Crippen LogP contribution is -1.97. The second kappa shape index (κ2) is 4.31. The molecule has 1 aromatic heterocycles. The van der Waals surface area contributed by atoms with Crippen LogP contribution in [0.5, 0.6) is 0 Å². The number of hydrogen-bond acceptors (Lipinski definition) is 3. The monoisotopic (exact) mass is 213 g/mol. The Bertz CT molecular complexity index is 492. The highest BCUT2D eigenvalue weighted by Gasteiger charge is 2.09. The van der Waals surface area contributed by atoms with E-state index in [1.54, 1.807) is 6.33 Å². The third-order valence-corrected chi connectivity index (χ3v) is 2.52. The Labute approximate surface area is 95.4 Å². The fourth-order valence-electron chi connectivity index (χ4n) is 1.69. The maximum absolute atomic E-state index is 5.78. The normalized spacial score (nSPS) is 10.7. The van der Waals surface area contributed by atoms with Crippen molar-refractivity contribution >= 4 is 5.69 Å². The number of rotatable bonds is 2. The molecule has 0 aliphatic heterocycles. The van der Waals surface area contributed by atoms with E-state index in [-0.39, 0.29) is 0 Å². The zero-order valence-corrected chi connectivity index (χ0v) is 9.51. The summed E-state index contributed by atoms with van der Waals surface area (Å²) in [7, 11) is 0. The van der Waals surface area contributed by atoms with Gasteiger partial charge in [0.2, 0.25) is 0 Å². The van der Waals surface area contributed by atoms with Crippen LogP contribution >= 0.6 is 0 Å². The standard InChI is InChI=1S/C13H15N3/c1-9(2)12-7-15-8-16-13(12)10-4-3-5-11(14)6-10/h3-9H,14H2,1-2H3. The largest absolute Gasteiger partial charge is 0.399 e. The summed E-state index contributed by atoms with van der Waals surface area (Å²) in [4.78, 5) is 8.42. The quantitative estimate of drug-likeness (QED) is 0.780. The van der Waals surface area contributed by atoms with Crippen molar-refractivity contribution in [2.45, 2.75) is 19.8 Å². The molecule has 82 valence electrons. The Kier molecular flexibility index (Phi) is 2.86. The minimum Gasteiger partial charge on any atom is -0.399 e. The van der Waals surface area contributed by atoms with Crippen molar-refractivity contribution in [3.63, 3.8) is 0 Å². The minimum atomic E-state index is 0.401. The van der Waals surface area contributed by atoms with Crippen molar-refractivity contribution in [3.05, 3.63) is 42.4 Å². The van der Waals surface area contributed by atoms with Crippen molar-refractivity contribution in [2.24, 2.45) is 0 Å². The Morgan fingerprint density at radius 2 is 2.06 bits per heavy atom. The molecule has 0 bridgehead atoms. The minimum absolute atomic E-state index is 0.401. The highest BCUT2D eigenvalue weighted by molar-refractivity contribution is 5.66. The summed E-state index contributed by atoms with van der Waals surface area (Å²) in [6.07, 6.45) is 3.45. The predicted octanol–water partition coefficient (Wildman–Crippen LogP) is 2.85. The molecule has 0 radical (unpaired) electrons. The van der Waals surface area contributed by atoms with Crippen LogP contribution in [0.15, 0.2) is 36.8 Å². The van der Waals surface area contributed by atoms with E-state index in [2.05, 4.69) is 23.8 Å². The van der Waals surface area contributed by atoms with Crippen LogP contribution in [-0.2, 0) is 0 Å². The van der Waals surface area contributed by atoms with Gasteiger partial charge in [-0.15, -0.1) is 0 Å². The lowest BCUT2D eigenvalue weighted by molar-refractivity contribution is 0.849. The van der Waals surface area contributed by atoms with Gasteiger partial charge >= 0.3 is 0 Å². The third kappa shape index (κ3) is 2.03. The molecule has 0 fully saturated rings. The first-order valence-electron chi connectivity index (χ1n) is 5.34. The number of nitrogen functional groups attached to an aromatic ring is 1. The van der Waals surface area contributed by atoms with E-state index in [4.69, 9.17) is 5.73 Å². The van der Waals surface area contributed by atoms with Crippen molar-refractivity contribution in [3.8, 4) is 11.3 Å². The number of nitrogens with two attached hydrogens (primary N) is 1. The molecule has 0 saturated carbocycles. The fourth-order valence-corrected chi connectivity index (χ4v) is 1.69. The van der Waals surface area contributed by atoms with Crippen LogP contribution in [-0.4, -0.2) is 9.97 Å². The molecule has 0 aliphatic carbocycles. The van der Waals surface area contributed by atoms with Crippen molar-refractivity contribution in [1.29, 1.82) is 0 Å². The molecule has 2 aromatic rings. The van der Waals surface area contributed by atoms with Gasteiger partial charge in [-0.25, -0.2) is 9.97 Å². The summed E-state index contributed by atoms with van der Waals surface area (Å²) in [5, 5.41) is 0. The summed E-state index contributed by atoms with van der Waals surface area (Å²) >= 11 is 0. The van der Waals surface area contributed by atoms with E-state index in [1.165, 1.54) is 0 Å².